The lowest BCUT2D eigenvalue weighted by molar-refractivity contribution is 0.570. The van der Waals surface area contributed by atoms with E-state index in [1.54, 1.807) is 0 Å². The van der Waals surface area contributed by atoms with Crippen LogP contribution in [0.5, 0.6) is 0 Å². The van der Waals surface area contributed by atoms with Crippen molar-refractivity contribution in [3.05, 3.63) is 0 Å². The zero-order chi connectivity index (χ0) is 10.2. The molecule has 0 saturated carbocycles. The van der Waals surface area contributed by atoms with E-state index in [1.807, 2.05) is 6.92 Å². The molecule has 0 saturated heterocycles. The molecular weight excluding hydrogens is 186 g/mol. The molecular formula is C9H20NO2S. The van der Waals surface area contributed by atoms with Gasteiger partial charge in [-0.3, -0.25) is 0 Å². The largest absolute Gasteiger partial charge is 0.227 e. The average Bonchev–Trinajstić information content (AvgIpc) is 2.04. The molecule has 13 heavy (non-hydrogen) atoms. The van der Waals surface area contributed by atoms with Crippen molar-refractivity contribution in [2.45, 2.75) is 46.0 Å². The third kappa shape index (κ3) is 8.25. The van der Waals surface area contributed by atoms with Gasteiger partial charge in [-0.1, -0.05) is 33.1 Å². The van der Waals surface area contributed by atoms with E-state index in [0.29, 0.717) is 13.0 Å². The molecule has 4 heteroatoms. The van der Waals surface area contributed by atoms with Crippen molar-refractivity contribution in [2.75, 3.05) is 12.3 Å². The third-order valence-electron chi connectivity index (χ3n) is 1.76. The lowest BCUT2D eigenvalue weighted by Crippen LogP contribution is -2.20. The summed E-state index contributed by atoms with van der Waals surface area (Å²) in [5, 5.41) is 0. The second-order valence-corrected chi connectivity index (χ2v) is 5.03. The third-order valence-corrected chi connectivity index (χ3v) is 3.26. The summed E-state index contributed by atoms with van der Waals surface area (Å²) in [7, 11) is -3.09. The van der Waals surface area contributed by atoms with Crippen LogP contribution in [0.25, 0.3) is 0 Å². The Morgan fingerprint density at radius 2 is 1.69 bits per heavy atom. The number of rotatable bonds is 8. The number of sulfonamides is 1. The highest BCUT2D eigenvalue weighted by molar-refractivity contribution is 7.89. The summed E-state index contributed by atoms with van der Waals surface area (Å²) in [6, 6.07) is 0. The van der Waals surface area contributed by atoms with E-state index in [0.717, 1.165) is 12.8 Å². The first kappa shape index (κ1) is 12.9. The Balaban J connectivity index is 3.41. The fraction of sp³-hybridized carbons (Fsp3) is 1.00. The fourth-order valence-electron chi connectivity index (χ4n) is 1.06. The van der Waals surface area contributed by atoms with Crippen molar-refractivity contribution >= 4 is 10.0 Å². The van der Waals surface area contributed by atoms with Crippen LogP contribution in [0.2, 0.25) is 0 Å². The minimum absolute atomic E-state index is 0.195. The molecule has 0 N–H and O–H groups in total. The van der Waals surface area contributed by atoms with Gasteiger partial charge in [0, 0.05) is 6.54 Å². The predicted molar refractivity (Wildman–Crippen MR) is 55.2 cm³/mol. The summed E-state index contributed by atoms with van der Waals surface area (Å²) >= 11 is 0. The van der Waals surface area contributed by atoms with Gasteiger partial charge in [0.1, 0.15) is 0 Å². The second-order valence-electron chi connectivity index (χ2n) is 3.20. The summed E-state index contributed by atoms with van der Waals surface area (Å²) in [6.45, 7) is 4.46. The predicted octanol–water partition coefficient (Wildman–Crippen LogP) is 1.91. The van der Waals surface area contributed by atoms with Gasteiger partial charge in [-0.05, 0) is 12.8 Å². The number of hydrogen-bond donors (Lipinski definition) is 0. The van der Waals surface area contributed by atoms with E-state index in [-0.39, 0.29) is 5.75 Å². The molecule has 0 rings (SSSR count). The van der Waals surface area contributed by atoms with Gasteiger partial charge < -0.3 is 0 Å². The van der Waals surface area contributed by atoms with Crippen LogP contribution in [0.1, 0.15) is 46.0 Å². The van der Waals surface area contributed by atoms with Crippen LogP contribution < -0.4 is 4.72 Å². The van der Waals surface area contributed by atoms with Gasteiger partial charge in [-0.15, -0.1) is 4.72 Å². The van der Waals surface area contributed by atoms with Crippen molar-refractivity contribution < 1.29 is 8.42 Å². The quantitative estimate of drug-likeness (QED) is 0.570. The molecule has 0 amide bonds. The Kier molecular flexibility index (Phi) is 7.28. The van der Waals surface area contributed by atoms with Crippen molar-refractivity contribution in [1.82, 2.24) is 4.72 Å². The zero-order valence-electron chi connectivity index (χ0n) is 8.62. The molecule has 0 aliphatic carbocycles. The molecule has 0 aliphatic heterocycles. The molecule has 0 fully saturated rings. The summed E-state index contributed by atoms with van der Waals surface area (Å²) in [5.41, 5.74) is 0. The molecule has 0 aromatic carbocycles. The molecule has 79 valence electrons. The Labute approximate surface area is 82.0 Å². The Morgan fingerprint density at radius 1 is 1.00 bits per heavy atom. The molecule has 3 nitrogen and oxygen atoms in total. The lowest BCUT2D eigenvalue weighted by atomic mass is 10.2. The highest BCUT2D eigenvalue weighted by Crippen LogP contribution is 1.99. The van der Waals surface area contributed by atoms with E-state index in [1.165, 1.54) is 12.8 Å². The van der Waals surface area contributed by atoms with Gasteiger partial charge in [0.15, 0.2) is 0 Å². The first-order valence-corrected chi connectivity index (χ1v) is 6.64. The van der Waals surface area contributed by atoms with E-state index < -0.39 is 10.0 Å². The molecule has 0 aromatic heterocycles. The first-order valence-electron chi connectivity index (χ1n) is 5.04. The van der Waals surface area contributed by atoms with Gasteiger partial charge >= 0.3 is 0 Å². The fourth-order valence-corrected chi connectivity index (χ4v) is 2.12. The SMILES string of the molecule is CCCCCC[N]S(=O)(=O)CCC. The standard InChI is InChI=1S/C9H20NO2S/c1-3-5-6-7-8-10-13(11,12)9-4-2/h3-9H2,1-2H3. The van der Waals surface area contributed by atoms with Crippen LogP contribution in [0.3, 0.4) is 0 Å². The van der Waals surface area contributed by atoms with Gasteiger partial charge in [0.25, 0.3) is 0 Å². The first-order chi connectivity index (χ1) is 6.12. The summed E-state index contributed by atoms with van der Waals surface area (Å²) in [5.74, 6) is 0.195. The monoisotopic (exact) mass is 206 g/mol. The van der Waals surface area contributed by atoms with E-state index in [4.69, 9.17) is 0 Å². The normalized spacial score (nSPS) is 11.8. The molecule has 0 spiro atoms. The van der Waals surface area contributed by atoms with Crippen LogP contribution in [0.15, 0.2) is 0 Å². The Morgan fingerprint density at radius 3 is 2.23 bits per heavy atom. The Bertz CT molecular complexity index is 200. The van der Waals surface area contributed by atoms with Gasteiger partial charge in [0.05, 0.1) is 5.75 Å². The molecule has 1 radical (unpaired) electrons. The van der Waals surface area contributed by atoms with Crippen molar-refractivity contribution in [3.8, 4) is 0 Å². The number of hydrogen-bond acceptors (Lipinski definition) is 2. The molecule has 0 bridgehead atoms. The molecule has 0 atom stereocenters. The van der Waals surface area contributed by atoms with Crippen molar-refractivity contribution in [2.24, 2.45) is 0 Å². The lowest BCUT2D eigenvalue weighted by Gasteiger charge is -2.01. The summed E-state index contributed by atoms with van der Waals surface area (Å²) in [6.07, 6.45) is 4.98. The van der Waals surface area contributed by atoms with E-state index in [9.17, 15) is 8.42 Å². The van der Waals surface area contributed by atoms with Gasteiger partial charge in [-0.2, -0.15) is 0 Å². The Hall–Kier alpha value is -0.0900. The van der Waals surface area contributed by atoms with Gasteiger partial charge in [-0.25, -0.2) is 8.42 Å². The minimum Gasteiger partial charge on any atom is -0.211 e. The minimum atomic E-state index is -3.09. The maximum Gasteiger partial charge on any atom is 0.227 e. The second kappa shape index (κ2) is 7.33. The van der Waals surface area contributed by atoms with Crippen LogP contribution in [-0.4, -0.2) is 20.7 Å². The summed E-state index contributed by atoms with van der Waals surface area (Å²) in [4.78, 5) is 0. The van der Waals surface area contributed by atoms with Crippen LogP contribution in [-0.2, 0) is 10.0 Å². The highest BCUT2D eigenvalue weighted by atomic mass is 32.2. The molecule has 0 aromatic rings. The smallest absolute Gasteiger partial charge is 0.211 e. The summed E-state index contributed by atoms with van der Waals surface area (Å²) < 4.78 is 25.9. The number of nitrogens with zero attached hydrogens (tertiary/aromatic N) is 1. The van der Waals surface area contributed by atoms with Crippen molar-refractivity contribution in [1.29, 1.82) is 0 Å². The highest BCUT2D eigenvalue weighted by Gasteiger charge is 2.08. The number of unbranched alkanes of at least 4 members (excludes halogenated alkanes) is 3. The maximum atomic E-state index is 11.1. The van der Waals surface area contributed by atoms with Crippen molar-refractivity contribution in [3.63, 3.8) is 0 Å². The maximum absolute atomic E-state index is 11.1. The molecule has 0 unspecified atom stereocenters. The van der Waals surface area contributed by atoms with E-state index in [2.05, 4.69) is 11.6 Å². The van der Waals surface area contributed by atoms with E-state index >= 15 is 0 Å². The topological polar surface area (TPSA) is 48.2 Å². The zero-order valence-corrected chi connectivity index (χ0v) is 9.44. The van der Waals surface area contributed by atoms with Gasteiger partial charge in [0.2, 0.25) is 10.0 Å². The average molecular weight is 206 g/mol. The van der Waals surface area contributed by atoms with Crippen LogP contribution in [0, 0.1) is 0 Å². The molecule has 0 heterocycles. The van der Waals surface area contributed by atoms with Crippen LogP contribution in [0.4, 0.5) is 0 Å². The van der Waals surface area contributed by atoms with Crippen LogP contribution >= 0.6 is 0 Å². The molecule has 0 aliphatic rings.